The lowest BCUT2D eigenvalue weighted by Crippen LogP contribution is -2.39. The van der Waals surface area contributed by atoms with Crippen molar-refractivity contribution in [2.24, 2.45) is 13.0 Å². The number of aryl methyl sites for hydroxylation is 3. The van der Waals surface area contributed by atoms with Crippen molar-refractivity contribution in [2.75, 3.05) is 13.1 Å². The van der Waals surface area contributed by atoms with Crippen molar-refractivity contribution in [3.05, 3.63) is 63.6 Å². The predicted octanol–water partition coefficient (Wildman–Crippen LogP) is 2.57. The summed E-state index contributed by atoms with van der Waals surface area (Å²) in [6.45, 7) is 3.64. The highest BCUT2D eigenvalue weighted by molar-refractivity contribution is 5.92. The van der Waals surface area contributed by atoms with E-state index >= 15 is 0 Å². The molecule has 132 valence electrons. The number of rotatable bonds is 4. The number of amides is 1. The first-order valence-electron chi connectivity index (χ1n) is 8.92. The molecule has 5 nitrogen and oxygen atoms in total. The first kappa shape index (κ1) is 17.4. The molecule has 0 bridgehead atoms. The van der Waals surface area contributed by atoms with E-state index in [-0.39, 0.29) is 11.5 Å². The summed E-state index contributed by atoms with van der Waals surface area (Å²) in [5.74, 6) is 0.589. The van der Waals surface area contributed by atoms with E-state index in [2.05, 4.69) is 36.3 Å². The van der Waals surface area contributed by atoms with Crippen LogP contribution in [0.4, 0.5) is 0 Å². The maximum Gasteiger partial charge on any atom is 0.274 e. The summed E-state index contributed by atoms with van der Waals surface area (Å²) < 4.78 is 1.21. The summed E-state index contributed by atoms with van der Waals surface area (Å²) in [6.07, 6.45) is 4.33. The number of hydrogen-bond acceptors (Lipinski definition) is 3. The number of benzene rings is 1. The molecular weight excluding hydrogens is 314 g/mol. The highest BCUT2D eigenvalue weighted by atomic mass is 16.2. The highest BCUT2D eigenvalue weighted by Gasteiger charge is 2.24. The van der Waals surface area contributed by atoms with Crippen molar-refractivity contribution in [3.63, 3.8) is 0 Å². The standard InChI is InChI=1S/C20H25N3O2/c1-15-3-5-16(6-4-15)7-8-17-11-13-23(14-12-17)20(25)18-9-10-19(24)22(2)21-18/h3-6,9-10,17H,7-8,11-14H2,1-2H3. The van der Waals surface area contributed by atoms with E-state index in [1.165, 1.54) is 34.4 Å². The Morgan fingerprint density at radius 3 is 2.44 bits per heavy atom. The number of nitrogens with zero attached hydrogens (tertiary/aromatic N) is 3. The molecule has 0 spiro atoms. The minimum absolute atomic E-state index is 0.0763. The van der Waals surface area contributed by atoms with Crippen molar-refractivity contribution in [2.45, 2.75) is 32.6 Å². The summed E-state index contributed by atoms with van der Waals surface area (Å²) in [6, 6.07) is 11.7. The third kappa shape index (κ3) is 4.35. The molecule has 1 aliphatic rings. The lowest BCUT2D eigenvalue weighted by Gasteiger charge is -2.31. The molecule has 1 saturated heterocycles. The van der Waals surface area contributed by atoms with E-state index in [1.807, 2.05) is 4.90 Å². The van der Waals surface area contributed by atoms with Gasteiger partial charge in [-0.1, -0.05) is 29.8 Å². The van der Waals surface area contributed by atoms with Crippen LogP contribution in [0, 0.1) is 12.8 Å². The summed E-state index contributed by atoms with van der Waals surface area (Å²) in [5, 5.41) is 4.06. The zero-order valence-corrected chi connectivity index (χ0v) is 14.9. The topological polar surface area (TPSA) is 55.2 Å². The largest absolute Gasteiger partial charge is 0.337 e. The summed E-state index contributed by atoms with van der Waals surface area (Å²) >= 11 is 0. The molecule has 2 aromatic rings. The minimum Gasteiger partial charge on any atom is -0.337 e. The summed E-state index contributed by atoms with van der Waals surface area (Å²) in [7, 11) is 1.57. The lowest BCUT2D eigenvalue weighted by atomic mass is 9.90. The minimum atomic E-state index is -0.202. The van der Waals surface area contributed by atoms with Crippen LogP contribution in [0.1, 0.15) is 40.9 Å². The molecule has 0 unspecified atom stereocenters. The first-order chi connectivity index (χ1) is 12.0. The number of piperidine rings is 1. The van der Waals surface area contributed by atoms with Gasteiger partial charge in [0.25, 0.3) is 11.5 Å². The number of hydrogen-bond donors (Lipinski definition) is 0. The van der Waals surface area contributed by atoms with Crippen LogP contribution in [0.15, 0.2) is 41.2 Å². The van der Waals surface area contributed by atoms with Crippen molar-refractivity contribution in [1.82, 2.24) is 14.7 Å². The Hall–Kier alpha value is -2.43. The predicted molar refractivity (Wildman–Crippen MR) is 97.6 cm³/mol. The van der Waals surface area contributed by atoms with E-state index in [9.17, 15) is 9.59 Å². The molecule has 0 N–H and O–H groups in total. The van der Waals surface area contributed by atoms with Crippen LogP contribution in [0.5, 0.6) is 0 Å². The molecule has 1 aromatic carbocycles. The van der Waals surface area contributed by atoms with Crippen LogP contribution in [-0.2, 0) is 13.5 Å². The van der Waals surface area contributed by atoms with Gasteiger partial charge in [0.05, 0.1) is 0 Å². The molecule has 0 radical (unpaired) electrons. The fourth-order valence-electron chi connectivity index (χ4n) is 3.33. The van der Waals surface area contributed by atoms with E-state index in [1.54, 1.807) is 7.05 Å². The van der Waals surface area contributed by atoms with Crippen molar-refractivity contribution in [1.29, 1.82) is 0 Å². The lowest BCUT2D eigenvalue weighted by molar-refractivity contribution is 0.0678. The molecule has 0 atom stereocenters. The van der Waals surface area contributed by atoms with Crippen LogP contribution >= 0.6 is 0 Å². The van der Waals surface area contributed by atoms with Gasteiger partial charge in [0, 0.05) is 26.2 Å². The van der Waals surface area contributed by atoms with Crippen LogP contribution in [0.3, 0.4) is 0 Å². The molecule has 0 aliphatic carbocycles. The van der Waals surface area contributed by atoms with Gasteiger partial charge in [-0.05, 0) is 50.2 Å². The fraction of sp³-hybridized carbons (Fsp3) is 0.450. The van der Waals surface area contributed by atoms with E-state index in [0.717, 1.165) is 32.4 Å². The SMILES string of the molecule is Cc1ccc(CCC2CCN(C(=O)c3ccc(=O)n(C)n3)CC2)cc1. The van der Waals surface area contributed by atoms with Gasteiger partial charge < -0.3 is 4.90 Å². The van der Waals surface area contributed by atoms with Gasteiger partial charge >= 0.3 is 0 Å². The molecule has 1 fully saturated rings. The van der Waals surface area contributed by atoms with Gasteiger partial charge in [0.1, 0.15) is 5.69 Å². The van der Waals surface area contributed by atoms with Crippen LogP contribution in [0.2, 0.25) is 0 Å². The quantitative estimate of drug-likeness (QED) is 0.860. The maximum absolute atomic E-state index is 12.5. The van der Waals surface area contributed by atoms with Gasteiger partial charge in [-0.3, -0.25) is 9.59 Å². The highest BCUT2D eigenvalue weighted by Crippen LogP contribution is 2.23. The van der Waals surface area contributed by atoms with Crippen molar-refractivity contribution < 1.29 is 4.79 Å². The van der Waals surface area contributed by atoms with E-state index in [4.69, 9.17) is 0 Å². The van der Waals surface area contributed by atoms with Gasteiger partial charge in [0.2, 0.25) is 0 Å². The fourth-order valence-corrected chi connectivity index (χ4v) is 3.33. The average Bonchev–Trinajstić information content (AvgIpc) is 2.63. The summed E-state index contributed by atoms with van der Waals surface area (Å²) in [4.78, 5) is 25.8. The molecule has 0 saturated carbocycles. The van der Waals surface area contributed by atoms with Crippen LogP contribution < -0.4 is 5.56 Å². The molecule has 1 amide bonds. The second-order valence-corrected chi connectivity index (χ2v) is 6.94. The van der Waals surface area contributed by atoms with Crippen LogP contribution in [0.25, 0.3) is 0 Å². The molecule has 5 heteroatoms. The van der Waals surface area contributed by atoms with Crippen molar-refractivity contribution in [3.8, 4) is 0 Å². The Morgan fingerprint density at radius 1 is 1.12 bits per heavy atom. The number of likely N-dealkylation sites (tertiary alicyclic amines) is 1. The number of aromatic nitrogens is 2. The Bertz CT molecular complexity index is 787. The Balaban J connectivity index is 1.51. The molecule has 25 heavy (non-hydrogen) atoms. The monoisotopic (exact) mass is 339 g/mol. The zero-order valence-electron chi connectivity index (χ0n) is 14.9. The van der Waals surface area contributed by atoms with Crippen LogP contribution in [-0.4, -0.2) is 33.7 Å². The normalized spacial score (nSPS) is 15.4. The molecular formula is C20H25N3O2. The Labute approximate surface area is 148 Å². The molecule has 2 heterocycles. The van der Waals surface area contributed by atoms with Gasteiger partial charge in [0.15, 0.2) is 0 Å². The van der Waals surface area contributed by atoms with Gasteiger partial charge in [-0.25, -0.2) is 4.68 Å². The molecule has 1 aromatic heterocycles. The zero-order chi connectivity index (χ0) is 17.8. The Morgan fingerprint density at radius 2 is 1.80 bits per heavy atom. The smallest absolute Gasteiger partial charge is 0.274 e. The maximum atomic E-state index is 12.5. The molecule has 1 aliphatic heterocycles. The molecule has 3 rings (SSSR count). The van der Waals surface area contributed by atoms with Gasteiger partial charge in [-0.15, -0.1) is 0 Å². The van der Waals surface area contributed by atoms with E-state index < -0.39 is 0 Å². The number of carbonyl (C=O) groups is 1. The van der Waals surface area contributed by atoms with Crippen molar-refractivity contribution >= 4 is 5.91 Å². The van der Waals surface area contributed by atoms with E-state index in [0.29, 0.717) is 11.6 Å². The Kier molecular flexibility index (Phi) is 5.31. The second kappa shape index (κ2) is 7.64. The number of carbonyl (C=O) groups excluding carboxylic acids is 1. The average molecular weight is 339 g/mol. The van der Waals surface area contributed by atoms with Gasteiger partial charge in [-0.2, -0.15) is 5.10 Å². The summed E-state index contributed by atoms with van der Waals surface area (Å²) in [5.41, 5.74) is 2.83. The first-order valence-corrected chi connectivity index (χ1v) is 8.92. The second-order valence-electron chi connectivity index (χ2n) is 6.94. The third-order valence-electron chi connectivity index (χ3n) is 5.04. The third-order valence-corrected chi connectivity index (χ3v) is 5.04.